The molecule has 0 bridgehead atoms. The third-order valence-corrected chi connectivity index (χ3v) is 23.7. The lowest BCUT2D eigenvalue weighted by atomic mass is 9.87. The first-order valence-electron chi connectivity index (χ1n) is 40.8. The number of aliphatic hydroxyl groups excluding tert-OH is 28. The highest BCUT2D eigenvalue weighted by molar-refractivity contribution is 5.74. The summed E-state index contributed by atoms with van der Waals surface area (Å²) in [7, 11) is 0. The second kappa shape index (κ2) is 45.5. The fourth-order valence-corrected chi connectivity index (χ4v) is 16.6. The molecule has 23 unspecified atom stereocenters. The molecule has 125 heavy (non-hydrogen) atoms. The van der Waals surface area contributed by atoms with Gasteiger partial charge in [0.15, 0.2) is 56.6 Å². The molecule has 0 radical (unpaired) electrons. The second-order valence-electron chi connectivity index (χ2n) is 32.9. The number of hydrogen-bond donors (Lipinski definition) is 31. The summed E-state index contributed by atoms with van der Waals surface area (Å²) in [5, 5.41) is 320. The summed E-state index contributed by atoms with van der Waals surface area (Å²) in [4.78, 5) is 37.7. The van der Waals surface area contributed by atoms with Crippen LogP contribution in [0.4, 0.5) is 0 Å². The van der Waals surface area contributed by atoms with Crippen molar-refractivity contribution in [3.8, 4) is 0 Å². The highest BCUT2D eigenvalue weighted by Gasteiger charge is 2.61. The quantitative estimate of drug-likeness (QED) is 0.0284. The molecule has 0 saturated carbocycles. The smallest absolute Gasteiger partial charge is 0.217 e. The maximum absolute atomic E-state index is 13.1. The predicted molar refractivity (Wildman–Crippen MR) is 391 cm³/mol. The molecule has 3 amide bonds. The van der Waals surface area contributed by atoms with Crippen molar-refractivity contribution < 1.29 is 247 Å². The summed E-state index contributed by atoms with van der Waals surface area (Å²) in [5.41, 5.74) is 0. The Morgan fingerprint density at radius 1 is 0.312 bits per heavy atom. The van der Waals surface area contributed by atoms with Crippen LogP contribution in [0.5, 0.6) is 0 Å². The van der Waals surface area contributed by atoms with Crippen LogP contribution in [0.2, 0.25) is 0 Å². The third-order valence-electron chi connectivity index (χ3n) is 23.7. The normalized spacial score (nSPS) is 48.8. The molecule has 10 rings (SSSR count). The van der Waals surface area contributed by atoms with Crippen LogP contribution >= 0.6 is 0 Å². The molecule has 10 fully saturated rings. The van der Waals surface area contributed by atoms with Gasteiger partial charge in [-0.3, -0.25) is 14.4 Å². The first-order valence-corrected chi connectivity index (χ1v) is 40.8. The molecule has 10 saturated heterocycles. The van der Waals surface area contributed by atoms with Crippen LogP contribution in [-0.2, 0) is 104 Å². The molecular weight excluding hydrogens is 1710 g/mol. The van der Waals surface area contributed by atoms with E-state index in [0.717, 1.165) is 20.8 Å². The average Bonchev–Trinajstić information content (AvgIpc) is 0.766. The Labute approximate surface area is 711 Å². The number of nitrogens with one attached hydrogen (secondary N) is 3. The molecule has 0 aromatic rings. The number of ether oxygens (including phenoxy) is 19. The molecular formula is C72H123N3O50. The molecule has 0 aromatic heterocycles. The zero-order valence-electron chi connectivity index (χ0n) is 68.3. The zero-order chi connectivity index (χ0) is 92.1. The van der Waals surface area contributed by atoms with E-state index in [2.05, 4.69) is 16.0 Å². The van der Waals surface area contributed by atoms with Gasteiger partial charge in [-0.2, -0.15) is 0 Å². The fraction of sp³-hybridized carbons (Fsp3) is 0.958. The van der Waals surface area contributed by atoms with E-state index in [4.69, 9.17) is 90.0 Å². The molecule has 10 aliphatic heterocycles. The van der Waals surface area contributed by atoms with E-state index in [1.165, 1.54) is 6.92 Å². The largest absolute Gasteiger partial charge is 0.394 e. The van der Waals surface area contributed by atoms with Crippen LogP contribution in [0.25, 0.3) is 0 Å². The van der Waals surface area contributed by atoms with Gasteiger partial charge >= 0.3 is 0 Å². The van der Waals surface area contributed by atoms with Crippen LogP contribution < -0.4 is 16.0 Å². The number of hydrogen-bond acceptors (Lipinski definition) is 50. The first kappa shape index (κ1) is 104. The maximum atomic E-state index is 13.1. The summed E-state index contributed by atoms with van der Waals surface area (Å²) >= 11 is 0. The minimum atomic E-state index is -2.55. The van der Waals surface area contributed by atoms with Crippen molar-refractivity contribution in [1.82, 2.24) is 16.0 Å². The van der Waals surface area contributed by atoms with E-state index in [9.17, 15) is 157 Å². The molecule has 0 spiro atoms. The Hall–Kier alpha value is -3.47. The topological polar surface area (TPSA) is 829 Å². The van der Waals surface area contributed by atoms with Crippen LogP contribution in [0.1, 0.15) is 48.0 Å². The molecule has 0 aromatic carbocycles. The Balaban J connectivity index is 0.934. The second-order valence-corrected chi connectivity index (χ2v) is 32.9. The minimum Gasteiger partial charge on any atom is -0.394 e. The number of rotatable bonds is 34. The standard InChI is InChI=1S/C72H123N3O50/c1-18(2)57-36(74-21(5)84)46(96)59(28(12-80)110-57)120-66-37(75-22(6)85)47(97)60(30(14-82)115-66)122-71-56(106)63(45(95)33(118-71)17-109-68-55(105)62(123-69-53(103)49(99)41(91)26(10-78)112-69)44(94)32(116-68)16-108-67-52(102)48(98)40(90)25(9-77)111-67)124-72-64(51(101)42(92)27(11-79)113-72)125-65-19(3)38(88)58(29(13-81)114-65)121-70-54(104)50(100)43(93)31(117-70)15-107-34-7-23(86)35(73-20(4)83)61(119-34)39(89)24(87)8-76/h18-19,23-72,76-82,86-106H,7-17H2,1-6H3,(H,73,83)(H,74,84)(H,75,85)/t19?,23?,24?,25?,26-,27?,28?,29?,30?,31?,32?,33?,34-,35+,36?,37?,38+,39?,40+,41+,42+,43-,44+,45+,46+,47+,48-,49?,50-,51-,52+,53?,54?,55+,56?,57-,58+,59+,60+,61?,62-,63-,64?,65-,66-,67?,68?,69?,70-,71-,72+/m0/s1. The van der Waals surface area contributed by atoms with Crippen molar-refractivity contribution in [2.24, 2.45) is 11.8 Å². The molecule has 53 nitrogen and oxygen atoms in total. The molecule has 10 aliphatic rings. The van der Waals surface area contributed by atoms with E-state index >= 15 is 0 Å². The molecule has 0 aliphatic carbocycles. The molecule has 31 N–H and O–H groups in total. The summed E-state index contributed by atoms with van der Waals surface area (Å²) < 4.78 is 113. The lowest BCUT2D eigenvalue weighted by Crippen LogP contribution is -2.70. The van der Waals surface area contributed by atoms with Crippen molar-refractivity contribution in [1.29, 1.82) is 0 Å². The third kappa shape index (κ3) is 23.3. The van der Waals surface area contributed by atoms with Gasteiger partial charge in [0.25, 0.3) is 0 Å². The van der Waals surface area contributed by atoms with E-state index in [1.54, 1.807) is 13.8 Å². The van der Waals surface area contributed by atoms with Gasteiger partial charge in [-0.1, -0.05) is 20.8 Å². The molecule has 726 valence electrons. The zero-order valence-corrected chi connectivity index (χ0v) is 68.3. The molecule has 51 atom stereocenters. The highest BCUT2D eigenvalue weighted by atomic mass is 16.8. The molecule has 53 heteroatoms. The van der Waals surface area contributed by atoms with Gasteiger partial charge in [-0.05, 0) is 5.92 Å². The lowest BCUT2D eigenvalue weighted by molar-refractivity contribution is -0.400. The van der Waals surface area contributed by atoms with E-state index < -0.39 is 409 Å². The summed E-state index contributed by atoms with van der Waals surface area (Å²) in [6, 6.07) is -4.45. The van der Waals surface area contributed by atoms with Crippen LogP contribution in [0.3, 0.4) is 0 Å². The predicted octanol–water partition coefficient (Wildman–Crippen LogP) is -19.6. The number of aliphatic hydroxyl groups is 28. The first-order chi connectivity index (χ1) is 59.1. The Morgan fingerprint density at radius 2 is 0.648 bits per heavy atom. The number of amides is 3. The monoisotopic (exact) mass is 1830 g/mol. The van der Waals surface area contributed by atoms with E-state index in [0.29, 0.717) is 0 Å². The van der Waals surface area contributed by atoms with Gasteiger partial charge in [0.05, 0.1) is 96.5 Å². The van der Waals surface area contributed by atoms with Crippen molar-refractivity contribution in [2.75, 3.05) is 66.1 Å². The SMILES string of the molecule is CC(=O)NC1[C@H](O[C@@H]2C(CO)O[C@@H](C(C)C)C(NC(C)=O)[C@H]2O)OC(CO)[C@@H](O[C@@H]2OC(COC3OC(COC4OC(CO)[C@@H](O)[C@H](O)[C@H]4O)[C@@H](O)[C@H](OC4O[C@@H](CO)[C@@H](O)C(O)C4O)[C@H]3O)[C@@H](O)[C@H](O[C@H]3OC(CO)[C@@H](O)[C@H](O)C3O[C@@H]3OC(CO)[C@@H](O[C@@H]4OC(CO[C@@H]5CC(O)[C@@H](NC(C)=O)C(C(O)C(O)CO)O5)[C@H](O)[C@H](O)C4O)[C@H](O)C3C)C2O)[C@@H]1O. The van der Waals surface area contributed by atoms with Gasteiger partial charge in [0, 0.05) is 33.1 Å². The Kier molecular flexibility index (Phi) is 37.7. The van der Waals surface area contributed by atoms with Gasteiger partial charge in [-0.25, -0.2) is 0 Å². The lowest BCUT2D eigenvalue weighted by Gasteiger charge is -2.51. The van der Waals surface area contributed by atoms with Crippen molar-refractivity contribution in [3.05, 3.63) is 0 Å². The van der Waals surface area contributed by atoms with Gasteiger partial charge < -0.3 is 249 Å². The fourth-order valence-electron chi connectivity index (χ4n) is 16.6. The van der Waals surface area contributed by atoms with Gasteiger partial charge in [0.1, 0.15) is 220 Å². The van der Waals surface area contributed by atoms with Crippen molar-refractivity contribution in [3.63, 3.8) is 0 Å². The van der Waals surface area contributed by atoms with Crippen molar-refractivity contribution >= 4 is 17.7 Å². The Bertz CT molecular complexity index is 3300. The maximum Gasteiger partial charge on any atom is 0.217 e. The summed E-state index contributed by atoms with van der Waals surface area (Å²) in [6.07, 6.45) is -94.1. The average molecular weight is 1830 g/mol. The Morgan fingerprint density at radius 3 is 1.14 bits per heavy atom. The summed E-state index contributed by atoms with van der Waals surface area (Å²) in [6.45, 7) is -2.38. The van der Waals surface area contributed by atoms with Crippen LogP contribution in [0, 0.1) is 11.8 Å². The number of carbonyl (C=O) groups excluding carboxylic acids is 3. The molecule has 10 heterocycles. The van der Waals surface area contributed by atoms with E-state index in [1.807, 2.05) is 0 Å². The van der Waals surface area contributed by atoms with E-state index in [-0.39, 0.29) is 0 Å². The number of carbonyl (C=O) groups is 3. The minimum absolute atomic E-state index is 0.412. The van der Waals surface area contributed by atoms with Crippen LogP contribution in [-0.4, -0.2) is 533 Å². The highest BCUT2D eigenvalue weighted by Crippen LogP contribution is 2.41. The van der Waals surface area contributed by atoms with Crippen LogP contribution in [0.15, 0.2) is 0 Å². The summed E-state index contributed by atoms with van der Waals surface area (Å²) in [5.74, 6) is -4.12. The van der Waals surface area contributed by atoms with Gasteiger partial charge in [0.2, 0.25) is 17.7 Å². The van der Waals surface area contributed by atoms with Gasteiger partial charge in [-0.15, -0.1) is 0 Å². The van der Waals surface area contributed by atoms with Crippen molar-refractivity contribution in [2.45, 2.75) is 355 Å².